The van der Waals surface area contributed by atoms with E-state index in [-0.39, 0.29) is 22.9 Å². The van der Waals surface area contributed by atoms with Crippen molar-refractivity contribution in [1.29, 1.82) is 0 Å². The normalized spacial score (nSPS) is 12.1. The molecule has 0 saturated heterocycles. The zero-order chi connectivity index (χ0) is 13.7. The molecule has 4 heteroatoms. The smallest absolute Gasteiger partial charge is 0.287 e. The molecule has 0 aliphatic rings. The molecule has 0 spiro atoms. The summed E-state index contributed by atoms with van der Waals surface area (Å²) >= 11 is 5.64. The number of halogens is 1. The van der Waals surface area contributed by atoms with Gasteiger partial charge in [0.25, 0.3) is 5.91 Å². The predicted octanol–water partition coefficient (Wildman–Crippen LogP) is 3.68. The largest absolute Gasteiger partial charge is 0.440 e. The van der Waals surface area contributed by atoms with Crippen LogP contribution in [0.15, 0.2) is 46.9 Å². The maximum Gasteiger partial charge on any atom is 0.287 e. The van der Waals surface area contributed by atoms with E-state index >= 15 is 0 Å². The molecule has 1 amide bonds. The summed E-state index contributed by atoms with van der Waals surface area (Å²) in [5.74, 6) is 0.0176. The average molecular weight is 278 g/mol. The Morgan fingerprint density at radius 3 is 2.63 bits per heavy atom. The van der Waals surface area contributed by atoms with Gasteiger partial charge in [0.05, 0.1) is 0 Å². The molecule has 0 fully saturated rings. The highest BCUT2D eigenvalue weighted by atomic mass is 35.5. The van der Waals surface area contributed by atoms with Crippen molar-refractivity contribution in [3.8, 4) is 0 Å². The van der Waals surface area contributed by atoms with Crippen molar-refractivity contribution in [3.05, 3.63) is 59.0 Å². The number of carbonyl (C=O) groups is 1. The minimum Gasteiger partial charge on any atom is -0.440 e. The highest BCUT2D eigenvalue weighted by Crippen LogP contribution is 2.13. The monoisotopic (exact) mass is 277 g/mol. The third kappa shape index (κ3) is 4.14. The summed E-state index contributed by atoms with van der Waals surface area (Å²) in [6.07, 6.45) is 1.81. The number of nitrogens with one attached hydrogen (secondary N) is 1. The Bertz CT molecular complexity index is 536. The van der Waals surface area contributed by atoms with Crippen molar-refractivity contribution in [2.24, 2.45) is 0 Å². The van der Waals surface area contributed by atoms with Gasteiger partial charge in [-0.05, 0) is 49.1 Å². The first kappa shape index (κ1) is 13.7. The Morgan fingerprint density at radius 2 is 2.00 bits per heavy atom. The molecule has 0 aliphatic heterocycles. The van der Waals surface area contributed by atoms with Crippen molar-refractivity contribution in [2.75, 3.05) is 0 Å². The molecule has 1 atom stereocenters. The van der Waals surface area contributed by atoms with Crippen LogP contribution in [0.25, 0.3) is 0 Å². The fraction of sp³-hybridized carbons (Fsp3) is 0.267. The number of carbonyl (C=O) groups excluding carboxylic acids is 1. The van der Waals surface area contributed by atoms with Crippen LogP contribution in [0.1, 0.15) is 29.5 Å². The van der Waals surface area contributed by atoms with Crippen molar-refractivity contribution in [3.63, 3.8) is 0 Å². The number of hydrogen-bond donors (Lipinski definition) is 1. The standard InChI is InChI=1S/C15H16ClNO2/c1-11(7-8-12-5-3-2-4-6-12)17-15(18)13-9-10-14(16)19-13/h2-6,9-11H,7-8H2,1H3,(H,17,18). The molecule has 2 rings (SSSR count). The van der Waals surface area contributed by atoms with Gasteiger partial charge >= 0.3 is 0 Å². The van der Waals surface area contributed by atoms with Crippen LogP contribution in [-0.4, -0.2) is 11.9 Å². The molecule has 19 heavy (non-hydrogen) atoms. The van der Waals surface area contributed by atoms with Crippen molar-refractivity contribution in [2.45, 2.75) is 25.8 Å². The lowest BCUT2D eigenvalue weighted by Crippen LogP contribution is -2.32. The van der Waals surface area contributed by atoms with Gasteiger partial charge in [-0.3, -0.25) is 4.79 Å². The van der Waals surface area contributed by atoms with Crippen molar-refractivity contribution >= 4 is 17.5 Å². The van der Waals surface area contributed by atoms with E-state index in [9.17, 15) is 4.79 Å². The molecule has 0 bridgehead atoms. The quantitative estimate of drug-likeness (QED) is 0.906. The fourth-order valence-corrected chi connectivity index (χ4v) is 1.98. The summed E-state index contributed by atoms with van der Waals surface area (Å²) in [7, 11) is 0. The van der Waals surface area contributed by atoms with Crippen LogP contribution >= 0.6 is 11.6 Å². The third-order valence-corrected chi connectivity index (χ3v) is 3.09. The summed E-state index contributed by atoms with van der Waals surface area (Å²) in [5, 5.41) is 3.11. The van der Waals surface area contributed by atoms with Gasteiger partial charge in [0.2, 0.25) is 0 Å². The van der Waals surface area contributed by atoms with Crippen LogP contribution in [0.2, 0.25) is 5.22 Å². The van der Waals surface area contributed by atoms with Gasteiger partial charge in [-0.1, -0.05) is 30.3 Å². The van der Waals surface area contributed by atoms with Crippen LogP contribution < -0.4 is 5.32 Å². The second-order valence-electron chi connectivity index (χ2n) is 4.50. The van der Waals surface area contributed by atoms with Gasteiger partial charge in [-0.15, -0.1) is 0 Å². The lowest BCUT2D eigenvalue weighted by molar-refractivity contribution is 0.0910. The molecule has 0 radical (unpaired) electrons. The molecule has 1 N–H and O–H groups in total. The van der Waals surface area contributed by atoms with E-state index in [0.29, 0.717) is 0 Å². The van der Waals surface area contributed by atoms with E-state index in [1.807, 2.05) is 25.1 Å². The molecule has 1 aromatic heterocycles. The maximum absolute atomic E-state index is 11.8. The molecule has 0 saturated carbocycles. The van der Waals surface area contributed by atoms with Gasteiger partial charge in [-0.25, -0.2) is 0 Å². The van der Waals surface area contributed by atoms with Gasteiger partial charge in [-0.2, -0.15) is 0 Å². The van der Waals surface area contributed by atoms with Gasteiger partial charge < -0.3 is 9.73 Å². The summed E-state index contributed by atoms with van der Waals surface area (Å²) in [6.45, 7) is 1.98. The molecule has 3 nitrogen and oxygen atoms in total. The Morgan fingerprint density at radius 1 is 1.26 bits per heavy atom. The van der Waals surface area contributed by atoms with E-state index in [2.05, 4.69) is 17.4 Å². The molecule has 1 unspecified atom stereocenters. The van der Waals surface area contributed by atoms with E-state index < -0.39 is 0 Å². The predicted molar refractivity (Wildman–Crippen MR) is 75.4 cm³/mol. The zero-order valence-electron chi connectivity index (χ0n) is 10.7. The number of furan rings is 1. The number of hydrogen-bond acceptors (Lipinski definition) is 2. The summed E-state index contributed by atoms with van der Waals surface area (Å²) < 4.78 is 5.06. The average Bonchev–Trinajstić information content (AvgIpc) is 2.84. The van der Waals surface area contributed by atoms with Crippen LogP contribution in [-0.2, 0) is 6.42 Å². The van der Waals surface area contributed by atoms with E-state index in [0.717, 1.165) is 12.8 Å². The first-order chi connectivity index (χ1) is 9.15. The Hall–Kier alpha value is -1.74. The fourth-order valence-electron chi connectivity index (χ4n) is 1.83. The molecule has 0 aliphatic carbocycles. The molecule has 1 aromatic carbocycles. The Labute approximate surface area is 117 Å². The highest BCUT2D eigenvalue weighted by molar-refractivity contribution is 6.29. The minimum absolute atomic E-state index is 0.0802. The van der Waals surface area contributed by atoms with Crippen LogP contribution in [0.5, 0.6) is 0 Å². The van der Waals surface area contributed by atoms with Gasteiger partial charge in [0, 0.05) is 6.04 Å². The zero-order valence-corrected chi connectivity index (χ0v) is 11.5. The second-order valence-corrected chi connectivity index (χ2v) is 4.88. The summed E-state index contributed by atoms with van der Waals surface area (Å²) in [4.78, 5) is 11.8. The first-order valence-electron chi connectivity index (χ1n) is 6.25. The Kier molecular flexibility index (Phi) is 4.63. The lowest BCUT2D eigenvalue weighted by Gasteiger charge is -2.12. The number of amides is 1. The highest BCUT2D eigenvalue weighted by Gasteiger charge is 2.13. The molecule has 2 aromatic rings. The molecular formula is C15H16ClNO2. The van der Waals surface area contributed by atoms with E-state index in [1.54, 1.807) is 12.1 Å². The first-order valence-corrected chi connectivity index (χ1v) is 6.63. The van der Waals surface area contributed by atoms with Crippen molar-refractivity contribution in [1.82, 2.24) is 5.32 Å². The maximum atomic E-state index is 11.8. The summed E-state index contributed by atoms with van der Waals surface area (Å²) in [5.41, 5.74) is 1.27. The second kappa shape index (κ2) is 6.43. The van der Waals surface area contributed by atoms with E-state index in [4.69, 9.17) is 16.0 Å². The number of rotatable bonds is 5. The topological polar surface area (TPSA) is 42.2 Å². The third-order valence-electron chi connectivity index (χ3n) is 2.88. The van der Waals surface area contributed by atoms with Crippen LogP contribution in [0.3, 0.4) is 0 Å². The Balaban J connectivity index is 1.81. The molecular weight excluding hydrogens is 262 g/mol. The number of aryl methyl sites for hydroxylation is 1. The summed E-state index contributed by atoms with van der Waals surface area (Å²) in [6, 6.07) is 13.4. The SMILES string of the molecule is CC(CCc1ccccc1)NC(=O)c1ccc(Cl)o1. The van der Waals surface area contributed by atoms with Gasteiger partial charge in [0.1, 0.15) is 0 Å². The van der Waals surface area contributed by atoms with Gasteiger partial charge in [0.15, 0.2) is 11.0 Å². The number of benzene rings is 1. The molecule has 100 valence electrons. The lowest BCUT2D eigenvalue weighted by atomic mass is 10.1. The van der Waals surface area contributed by atoms with Crippen molar-refractivity contribution < 1.29 is 9.21 Å². The van der Waals surface area contributed by atoms with E-state index in [1.165, 1.54) is 5.56 Å². The molecule has 1 heterocycles. The van der Waals surface area contributed by atoms with Crippen LogP contribution in [0.4, 0.5) is 0 Å². The minimum atomic E-state index is -0.229. The van der Waals surface area contributed by atoms with Crippen LogP contribution in [0, 0.1) is 0 Å².